The number of hydrogen-bond donors (Lipinski definition) is 2. The maximum Gasteiger partial charge on any atom is 0.573 e. The topological polar surface area (TPSA) is 66.1 Å². The molecule has 0 aromatic heterocycles. The smallest absolute Gasteiger partial charge is 0.489 e. The Bertz CT molecular complexity index is 1030. The maximum atomic E-state index is 12.6. The molecule has 1 aliphatic carbocycles. The molecule has 0 bridgehead atoms. The standard InChI is InChI=1S/C27H35F3N4O3/c1-19(2)36-25-10-6-4-8-23(25)34-17-15-33(16-18-34)21-13-11-20(12-14-21)31-26(35)32-22-7-3-5-9-24(22)37-27(28,29)30/h3-10,19-21H,11-18H2,1-2H3,(H2,31,32,35)/t20-,21+. The molecular weight excluding hydrogens is 485 g/mol. The van der Waals surface area contributed by atoms with Gasteiger partial charge in [0.05, 0.1) is 17.5 Å². The lowest BCUT2D eigenvalue weighted by molar-refractivity contribution is -0.274. The molecule has 1 saturated heterocycles. The zero-order valence-electron chi connectivity index (χ0n) is 21.3. The molecule has 2 N–H and O–H groups in total. The summed E-state index contributed by atoms with van der Waals surface area (Å²) in [5.74, 6) is 0.481. The third-order valence-electron chi connectivity index (χ3n) is 6.79. The molecule has 0 unspecified atom stereocenters. The number of benzene rings is 2. The van der Waals surface area contributed by atoms with Gasteiger partial charge in [-0.05, 0) is 63.8 Å². The van der Waals surface area contributed by atoms with Gasteiger partial charge in [0.2, 0.25) is 0 Å². The third kappa shape index (κ3) is 7.67. The van der Waals surface area contributed by atoms with Crippen LogP contribution in [0.1, 0.15) is 39.5 Å². The summed E-state index contributed by atoms with van der Waals surface area (Å²) >= 11 is 0. The molecule has 1 aliphatic heterocycles. The van der Waals surface area contributed by atoms with Gasteiger partial charge >= 0.3 is 12.4 Å². The molecule has 202 valence electrons. The second-order valence-electron chi connectivity index (χ2n) is 9.81. The van der Waals surface area contributed by atoms with Gasteiger partial charge in [-0.15, -0.1) is 13.2 Å². The average Bonchev–Trinajstić information content (AvgIpc) is 2.85. The van der Waals surface area contributed by atoms with Crippen molar-refractivity contribution in [2.75, 3.05) is 36.4 Å². The molecule has 1 saturated carbocycles. The zero-order chi connectivity index (χ0) is 26.4. The highest BCUT2D eigenvalue weighted by Crippen LogP contribution is 2.32. The molecule has 2 amide bonds. The Morgan fingerprint density at radius 3 is 2.19 bits per heavy atom. The highest BCUT2D eigenvalue weighted by Gasteiger charge is 2.33. The lowest BCUT2D eigenvalue weighted by atomic mass is 9.90. The first-order valence-corrected chi connectivity index (χ1v) is 12.8. The number of carbonyl (C=O) groups excluding carboxylic acids is 1. The highest BCUT2D eigenvalue weighted by atomic mass is 19.4. The molecule has 2 fully saturated rings. The number of para-hydroxylation sites is 4. The Morgan fingerprint density at radius 1 is 0.919 bits per heavy atom. The number of urea groups is 1. The van der Waals surface area contributed by atoms with E-state index in [9.17, 15) is 18.0 Å². The quantitative estimate of drug-likeness (QED) is 0.496. The van der Waals surface area contributed by atoms with Crippen LogP contribution in [0.2, 0.25) is 0 Å². The molecule has 0 atom stereocenters. The van der Waals surface area contributed by atoms with Gasteiger partial charge in [0, 0.05) is 38.3 Å². The van der Waals surface area contributed by atoms with Crippen LogP contribution in [-0.4, -0.2) is 61.7 Å². The van der Waals surface area contributed by atoms with Crippen molar-refractivity contribution in [1.82, 2.24) is 10.2 Å². The normalized spacial score (nSPS) is 21.0. The Hall–Kier alpha value is -3.14. The first-order valence-electron chi connectivity index (χ1n) is 12.8. The van der Waals surface area contributed by atoms with Gasteiger partial charge in [0.15, 0.2) is 5.75 Å². The number of ether oxygens (including phenoxy) is 2. The molecular formula is C27H35F3N4O3. The van der Waals surface area contributed by atoms with E-state index in [1.54, 1.807) is 6.07 Å². The molecule has 10 heteroatoms. The first kappa shape index (κ1) is 26.9. The van der Waals surface area contributed by atoms with Crippen LogP contribution in [0.5, 0.6) is 11.5 Å². The molecule has 4 rings (SSSR count). The monoisotopic (exact) mass is 520 g/mol. The van der Waals surface area contributed by atoms with Crippen LogP contribution in [-0.2, 0) is 0 Å². The van der Waals surface area contributed by atoms with Crippen LogP contribution in [0.25, 0.3) is 0 Å². The number of hydrogen-bond acceptors (Lipinski definition) is 5. The lowest BCUT2D eigenvalue weighted by Crippen LogP contribution is -2.52. The molecule has 37 heavy (non-hydrogen) atoms. The molecule has 2 aromatic rings. The fourth-order valence-corrected chi connectivity index (χ4v) is 5.11. The molecule has 7 nitrogen and oxygen atoms in total. The van der Waals surface area contributed by atoms with Crippen LogP contribution in [0, 0.1) is 0 Å². The summed E-state index contributed by atoms with van der Waals surface area (Å²) in [5.41, 5.74) is 1.11. The second-order valence-corrected chi connectivity index (χ2v) is 9.81. The van der Waals surface area contributed by atoms with E-state index in [-0.39, 0.29) is 17.8 Å². The first-order chi connectivity index (χ1) is 17.7. The van der Waals surface area contributed by atoms with Gasteiger partial charge < -0.3 is 25.0 Å². The maximum absolute atomic E-state index is 12.6. The van der Waals surface area contributed by atoms with Crippen molar-refractivity contribution < 1.29 is 27.4 Å². The third-order valence-corrected chi connectivity index (χ3v) is 6.79. The fourth-order valence-electron chi connectivity index (χ4n) is 5.11. The molecule has 1 heterocycles. The summed E-state index contributed by atoms with van der Waals surface area (Å²) in [6.45, 7) is 7.86. The summed E-state index contributed by atoms with van der Waals surface area (Å²) in [5, 5.41) is 5.39. The average molecular weight is 521 g/mol. The largest absolute Gasteiger partial charge is 0.573 e. The van der Waals surface area contributed by atoms with Crippen LogP contribution >= 0.6 is 0 Å². The molecule has 2 aliphatic rings. The number of halogens is 3. The lowest BCUT2D eigenvalue weighted by Gasteiger charge is -2.43. The molecule has 0 radical (unpaired) electrons. The van der Waals surface area contributed by atoms with E-state index in [2.05, 4.69) is 31.2 Å². The summed E-state index contributed by atoms with van der Waals surface area (Å²) in [7, 11) is 0. The number of piperazine rings is 1. The van der Waals surface area contributed by atoms with E-state index in [1.165, 1.54) is 18.2 Å². The van der Waals surface area contributed by atoms with Crippen molar-refractivity contribution in [2.24, 2.45) is 0 Å². The van der Waals surface area contributed by atoms with Gasteiger partial charge in [-0.1, -0.05) is 24.3 Å². The fraction of sp³-hybridized carbons (Fsp3) is 0.519. The number of rotatable bonds is 7. The van der Waals surface area contributed by atoms with Gasteiger partial charge in [0.25, 0.3) is 0 Å². The van der Waals surface area contributed by atoms with Crippen molar-refractivity contribution in [1.29, 1.82) is 0 Å². The number of alkyl halides is 3. The van der Waals surface area contributed by atoms with Crippen LogP contribution in [0.15, 0.2) is 48.5 Å². The van der Waals surface area contributed by atoms with Crippen LogP contribution in [0.3, 0.4) is 0 Å². The Kier molecular flexibility index (Phi) is 8.68. The van der Waals surface area contributed by atoms with E-state index >= 15 is 0 Å². The van der Waals surface area contributed by atoms with Gasteiger partial charge in [0.1, 0.15) is 5.75 Å². The van der Waals surface area contributed by atoms with Crippen molar-refractivity contribution in [2.45, 2.75) is 64.1 Å². The minimum absolute atomic E-state index is 0.0201. The molecule has 0 spiro atoms. The Balaban J connectivity index is 1.23. The van der Waals surface area contributed by atoms with Crippen LogP contribution in [0.4, 0.5) is 29.3 Å². The summed E-state index contributed by atoms with van der Waals surface area (Å²) in [4.78, 5) is 17.4. The van der Waals surface area contributed by atoms with Gasteiger partial charge in [-0.25, -0.2) is 4.79 Å². The predicted molar refractivity (Wildman–Crippen MR) is 137 cm³/mol. The van der Waals surface area contributed by atoms with E-state index in [4.69, 9.17) is 4.74 Å². The van der Waals surface area contributed by atoms with E-state index in [0.29, 0.717) is 6.04 Å². The number of nitrogens with one attached hydrogen (secondary N) is 2. The number of anilines is 2. The molecule has 2 aromatic carbocycles. The van der Waals surface area contributed by atoms with Crippen molar-refractivity contribution in [3.63, 3.8) is 0 Å². The zero-order valence-corrected chi connectivity index (χ0v) is 21.3. The van der Waals surface area contributed by atoms with E-state index in [0.717, 1.165) is 63.3 Å². The SMILES string of the molecule is CC(C)Oc1ccccc1N1CCN([C@H]2CC[C@@H](NC(=O)Nc3ccccc3OC(F)(F)F)CC2)CC1. The summed E-state index contributed by atoms with van der Waals surface area (Å²) in [6, 6.07) is 13.6. The van der Waals surface area contributed by atoms with Crippen LogP contribution < -0.4 is 25.0 Å². The Labute approximate surface area is 215 Å². The minimum Gasteiger partial charge on any atom is -0.489 e. The van der Waals surface area contributed by atoms with Crippen molar-refractivity contribution >= 4 is 17.4 Å². The van der Waals surface area contributed by atoms with E-state index < -0.39 is 18.1 Å². The van der Waals surface area contributed by atoms with Crippen molar-refractivity contribution in [3.05, 3.63) is 48.5 Å². The summed E-state index contributed by atoms with van der Waals surface area (Å²) < 4.78 is 47.9. The predicted octanol–water partition coefficient (Wildman–Crippen LogP) is 5.63. The minimum atomic E-state index is -4.83. The number of nitrogens with zero attached hydrogens (tertiary/aromatic N) is 2. The van der Waals surface area contributed by atoms with Gasteiger partial charge in [-0.2, -0.15) is 0 Å². The Morgan fingerprint density at radius 2 is 1.54 bits per heavy atom. The number of amides is 2. The van der Waals surface area contributed by atoms with Crippen molar-refractivity contribution in [3.8, 4) is 11.5 Å². The highest BCUT2D eigenvalue weighted by molar-refractivity contribution is 5.91. The van der Waals surface area contributed by atoms with E-state index in [1.807, 2.05) is 32.0 Å². The second kappa shape index (κ2) is 11.9. The van der Waals surface area contributed by atoms with Gasteiger partial charge in [-0.3, -0.25) is 4.90 Å². The number of carbonyl (C=O) groups is 1. The summed E-state index contributed by atoms with van der Waals surface area (Å²) in [6.07, 6.45) is -1.13.